The fraction of sp³-hybridized carbons (Fsp3) is 0.423. The van der Waals surface area contributed by atoms with Crippen molar-refractivity contribution >= 4 is 16.9 Å². The molecule has 2 N–H and O–H groups in total. The van der Waals surface area contributed by atoms with Crippen LogP contribution in [-0.2, 0) is 11.3 Å². The molecule has 2 aliphatic rings. The molecule has 0 bridgehead atoms. The summed E-state index contributed by atoms with van der Waals surface area (Å²) >= 11 is 0. The maximum Gasteiger partial charge on any atom is 0.335 e. The lowest BCUT2D eigenvalue weighted by Crippen LogP contribution is -2.40. The molecule has 0 spiro atoms. The number of hydrogen-bond donors (Lipinski definition) is 2. The van der Waals surface area contributed by atoms with Gasteiger partial charge in [-0.1, -0.05) is 12.1 Å². The second-order valence-corrected chi connectivity index (χ2v) is 8.95. The van der Waals surface area contributed by atoms with Crippen LogP contribution in [0.15, 0.2) is 42.6 Å². The SMILES string of the molecule is CCO[C@@H]1CC(c2ccc(C(=O)O)cc2)N(Cc2c(OC)cc(C)c3[nH]ccc23)C2CC21. The van der Waals surface area contributed by atoms with E-state index in [0.717, 1.165) is 36.2 Å². The number of aromatic nitrogens is 1. The number of benzene rings is 2. The molecule has 1 aliphatic carbocycles. The number of hydrogen-bond acceptors (Lipinski definition) is 4. The van der Waals surface area contributed by atoms with Crippen LogP contribution >= 0.6 is 0 Å². The summed E-state index contributed by atoms with van der Waals surface area (Å²) in [5.74, 6) is 0.576. The normalized spacial score (nSPS) is 25.0. The Morgan fingerprint density at radius 3 is 2.69 bits per heavy atom. The third kappa shape index (κ3) is 3.57. The van der Waals surface area contributed by atoms with E-state index in [1.165, 1.54) is 16.5 Å². The number of likely N-dealkylation sites (tertiary alicyclic amines) is 1. The quantitative estimate of drug-likeness (QED) is 0.552. The highest BCUT2D eigenvalue weighted by Gasteiger charge is 2.54. The molecule has 1 saturated carbocycles. The average molecular weight is 435 g/mol. The summed E-state index contributed by atoms with van der Waals surface area (Å²) < 4.78 is 11.9. The minimum atomic E-state index is -0.897. The van der Waals surface area contributed by atoms with Gasteiger partial charge in [0.25, 0.3) is 0 Å². The highest BCUT2D eigenvalue weighted by atomic mass is 16.5. The molecule has 6 heteroatoms. The van der Waals surface area contributed by atoms with Crippen LogP contribution in [0.2, 0.25) is 0 Å². The van der Waals surface area contributed by atoms with Crippen LogP contribution in [0.3, 0.4) is 0 Å². The number of ether oxygens (including phenoxy) is 2. The predicted octanol–water partition coefficient (Wildman–Crippen LogP) is 4.92. The van der Waals surface area contributed by atoms with Gasteiger partial charge >= 0.3 is 5.97 Å². The van der Waals surface area contributed by atoms with E-state index in [9.17, 15) is 9.90 Å². The molecule has 32 heavy (non-hydrogen) atoms. The van der Waals surface area contributed by atoms with Gasteiger partial charge in [-0.25, -0.2) is 4.79 Å². The molecule has 4 atom stereocenters. The molecule has 3 aromatic rings. The standard InChI is InChI=1S/C26H30N2O4/c1-4-32-24-13-21(16-5-7-17(8-6-16)26(29)30)28(22-12-19(22)24)14-20-18-9-10-27-25(18)15(2)11-23(20)31-3/h5-11,19,21-22,24,27H,4,12-14H2,1-3H3,(H,29,30)/t19?,21?,22?,24-/m1/s1. The Morgan fingerprint density at radius 1 is 1.22 bits per heavy atom. The van der Waals surface area contributed by atoms with Gasteiger partial charge in [-0.05, 0) is 62.1 Å². The number of rotatable bonds is 7. The summed E-state index contributed by atoms with van der Waals surface area (Å²) in [4.78, 5) is 17.3. The van der Waals surface area contributed by atoms with Gasteiger partial charge in [-0.3, -0.25) is 4.90 Å². The number of carboxylic acids is 1. The van der Waals surface area contributed by atoms with Gasteiger partial charge in [0.15, 0.2) is 0 Å². The van der Waals surface area contributed by atoms with Crippen LogP contribution in [-0.4, -0.2) is 46.8 Å². The van der Waals surface area contributed by atoms with Crippen molar-refractivity contribution in [2.24, 2.45) is 5.92 Å². The van der Waals surface area contributed by atoms with Crippen LogP contribution in [0.4, 0.5) is 0 Å². The smallest absolute Gasteiger partial charge is 0.335 e. The predicted molar refractivity (Wildman–Crippen MR) is 123 cm³/mol. The number of nitrogens with one attached hydrogen (secondary N) is 1. The van der Waals surface area contributed by atoms with E-state index < -0.39 is 5.97 Å². The van der Waals surface area contributed by atoms with Crippen LogP contribution in [0.1, 0.15) is 52.9 Å². The summed E-state index contributed by atoms with van der Waals surface area (Å²) in [6.45, 7) is 5.65. The van der Waals surface area contributed by atoms with Crippen LogP contribution < -0.4 is 4.74 Å². The monoisotopic (exact) mass is 434 g/mol. The number of aromatic carboxylic acids is 1. The number of nitrogens with zero attached hydrogens (tertiary/aromatic N) is 1. The molecule has 1 aliphatic heterocycles. The van der Waals surface area contributed by atoms with Gasteiger partial charge in [-0.15, -0.1) is 0 Å². The topological polar surface area (TPSA) is 74.8 Å². The van der Waals surface area contributed by atoms with Crippen molar-refractivity contribution in [3.05, 3.63) is 64.8 Å². The van der Waals surface area contributed by atoms with Crippen molar-refractivity contribution < 1.29 is 19.4 Å². The van der Waals surface area contributed by atoms with Crippen LogP contribution in [0, 0.1) is 12.8 Å². The molecule has 0 radical (unpaired) electrons. The first-order valence-corrected chi connectivity index (χ1v) is 11.4. The first kappa shape index (κ1) is 21.0. The number of aryl methyl sites for hydroxylation is 1. The number of piperidine rings is 1. The Balaban J connectivity index is 1.53. The maximum atomic E-state index is 11.3. The molecule has 0 amide bonds. The lowest BCUT2D eigenvalue weighted by atomic mass is 9.91. The zero-order valence-corrected chi connectivity index (χ0v) is 18.8. The second-order valence-electron chi connectivity index (χ2n) is 8.95. The molecule has 1 aromatic heterocycles. The Kier molecular flexibility index (Phi) is 5.43. The molecule has 6 nitrogen and oxygen atoms in total. The number of fused-ring (bicyclic) bond motifs is 2. The van der Waals surface area contributed by atoms with Crippen molar-refractivity contribution in [1.82, 2.24) is 9.88 Å². The Morgan fingerprint density at radius 2 is 2.00 bits per heavy atom. The highest BCUT2D eigenvalue weighted by molar-refractivity contribution is 5.88. The van der Waals surface area contributed by atoms with Crippen molar-refractivity contribution in [3.63, 3.8) is 0 Å². The summed E-state index contributed by atoms with van der Waals surface area (Å²) in [7, 11) is 1.74. The lowest BCUT2D eigenvalue weighted by Gasteiger charge is -2.39. The number of methoxy groups -OCH3 is 1. The van der Waals surface area contributed by atoms with E-state index in [1.807, 2.05) is 18.3 Å². The molecule has 168 valence electrons. The van der Waals surface area contributed by atoms with E-state index in [2.05, 4.69) is 35.9 Å². The van der Waals surface area contributed by atoms with Gasteiger partial charge in [-0.2, -0.15) is 0 Å². The van der Waals surface area contributed by atoms with E-state index in [4.69, 9.17) is 9.47 Å². The van der Waals surface area contributed by atoms with Gasteiger partial charge < -0.3 is 19.6 Å². The maximum absolute atomic E-state index is 11.3. The van der Waals surface area contributed by atoms with Crippen molar-refractivity contribution in [2.75, 3.05) is 13.7 Å². The van der Waals surface area contributed by atoms with Crippen molar-refractivity contribution in [1.29, 1.82) is 0 Å². The van der Waals surface area contributed by atoms with Crippen molar-refractivity contribution in [2.45, 2.75) is 51.4 Å². The molecule has 2 aromatic carbocycles. The zero-order chi connectivity index (χ0) is 22.4. The number of carbonyl (C=O) groups is 1. The first-order chi connectivity index (χ1) is 15.5. The third-order valence-corrected chi connectivity index (χ3v) is 7.16. The Hall–Kier alpha value is -2.83. The van der Waals surface area contributed by atoms with Crippen LogP contribution in [0.5, 0.6) is 5.75 Å². The zero-order valence-electron chi connectivity index (χ0n) is 18.8. The summed E-state index contributed by atoms with van der Waals surface area (Å²) in [5.41, 5.74) is 4.98. The van der Waals surface area contributed by atoms with Gasteiger partial charge in [0.05, 0.1) is 18.8 Å². The summed E-state index contributed by atoms with van der Waals surface area (Å²) in [5, 5.41) is 10.5. The fourth-order valence-electron chi connectivity index (χ4n) is 5.51. The van der Waals surface area contributed by atoms with Gasteiger partial charge in [0, 0.05) is 53.8 Å². The van der Waals surface area contributed by atoms with Crippen molar-refractivity contribution in [3.8, 4) is 5.75 Å². The molecule has 2 heterocycles. The molecule has 3 unspecified atom stereocenters. The molecular formula is C26H30N2O4. The number of carboxylic acid groups (broad SMARTS) is 1. The summed E-state index contributed by atoms with van der Waals surface area (Å²) in [6, 6.07) is 12.2. The molecule has 2 fully saturated rings. The highest BCUT2D eigenvalue weighted by Crippen LogP contribution is 2.52. The minimum absolute atomic E-state index is 0.165. The number of H-pyrrole nitrogens is 1. The van der Waals surface area contributed by atoms with E-state index in [0.29, 0.717) is 24.1 Å². The van der Waals surface area contributed by atoms with Gasteiger partial charge in [0.1, 0.15) is 5.75 Å². The van der Waals surface area contributed by atoms with E-state index >= 15 is 0 Å². The van der Waals surface area contributed by atoms with Gasteiger partial charge in [0.2, 0.25) is 0 Å². The average Bonchev–Trinajstić information content (AvgIpc) is 3.44. The Labute approximate surface area is 188 Å². The molecular weight excluding hydrogens is 404 g/mol. The number of aromatic amines is 1. The molecule has 5 rings (SSSR count). The lowest BCUT2D eigenvalue weighted by molar-refractivity contribution is -0.0199. The minimum Gasteiger partial charge on any atom is -0.496 e. The van der Waals surface area contributed by atoms with Crippen LogP contribution in [0.25, 0.3) is 10.9 Å². The fourth-order valence-corrected chi connectivity index (χ4v) is 5.51. The Bertz CT molecular complexity index is 1140. The first-order valence-electron chi connectivity index (χ1n) is 11.4. The largest absolute Gasteiger partial charge is 0.496 e. The van der Waals surface area contributed by atoms with E-state index in [-0.39, 0.29) is 12.1 Å². The molecule has 1 saturated heterocycles. The third-order valence-electron chi connectivity index (χ3n) is 7.16. The van der Waals surface area contributed by atoms with E-state index in [1.54, 1.807) is 19.2 Å². The summed E-state index contributed by atoms with van der Waals surface area (Å²) in [6.07, 6.45) is 4.28. The second kappa shape index (κ2) is 8.26.